The highest BCUT2D eigenvalue weighted by molar-refractivity contribution is 7.92. The molecule has 0 saturated heterocycles. The number of anilines is 3. The number of nitrogens with zero attached hydrogens (tertiary/aromatic N) is 1. The molecule has 0 saturated carbocycles. The van der Waals surface area contributed by atoms with E-state index in [0.717, 1.165) is 5.56 Å². The maximum atomic E-state index is 13.1. The van der Waals surface area contributed by atoms with Crippen molar-refractivity contribution in [3.05, 3.63) is 84.4 Å². The van der Waals surface area contributed by atoms with Crippen LogP contribution in [0.2, 0.25) is 0 Å². The molecular weight excluding hydrogens is 410 g/mol. The number of sulfonamides is 1. The molecule has 0 aliphatic rings. The largest absolute Gasteiger partial charge is 0.323 e. The van der Waals surface area contributed by atoms with Gasteiger partial charge in [-0.3, -0.25) is 4.31 Å². The van der Waals surface area contributed by atoms with Crippen molar-refractivity contribution in [1.82, 2.24) is 0 Å². The molecule has 7 heteroatoms. The van der Waals surface area contributed by atoms with Crippen molar-refractivity contribution >= 4 is 33.1 Å². The second-order valence-electron chi connectivity index (χ2n) is 8.24. The van der Waals surface area contributed by atoms with Crippen LogP contribution >= 0.6 is 0 Å². The summed E-state index contributed by atoms with van der Waals surface area (Å²) in [4.78, 5) is 12.4. The molecule has 3 rings (SSSR count). The van der Waals surface area contributed by atoms with Crippen molar-refractivity contribution in [3.8, 4) is 0 Å². The van der Waals surface area contributed by atoms with E-state index in [-0.39, 0.29) is 16.3 Å². The monoisotopic (exact) mass is 437 g/mol. The van der Waals surface area contributed by atoms with Gasteiger partial charge in [0.2, 0.25) is 0 Å². The number of benzene rings is 3. The van der Waals surface area contributed by atoms with Crippen molar-refractivity contribution in [2.45, 2.75) is 31.1 Å². The van der Waals surface area contributed by atoms with Crippen LogP contribution in [-0.4, -0.2) is 21.5 Å². The number of carbonyl (C=O) groups excluding carboxylic acids is 1. The van der Waals surface area contributed by atoms with E-state index in [1.165, 1.54) is 11.4 Å². The first-order valence-corrected chi connectivity index (χ1v) is 11.3. The Balaban J connectivity index is 1.73. The summed E-state index contributed by atoms with van der Waals surface area (Å²) in [5.74, 6) is 0. The topological polar surface area (TPSA) is 78.5 Å². The minimum absolute atomic E-state index is 0.155. The van der Waals surface area contributed by atoms with Crippen LogP contribution in [0.15, 0.2) is 83.8 Å². The Bertz CT molecular complexity index is 1150. The van der Waals surface area contributed by atoms with Crippen molar-refractivity contribution < 1.29 is 13.2 Å². The maximum absolute atomic E-state index is 13.1. The molecule has 0 aliphatic heterocycles. The molecule has 0 aliphatic carbocycles. The van der Waals surface area contributed by atoms with Gasteiger partial charge in [0.05, 0.1) is 10.6 Å². The van der Waals surface area contributed by atoms with Crippen LogP contribution in [-0.2, 0) is 15.4 Å². The lowest BCUT2D eigenvalue weighted by atomic mass is 9.87. The van der Waals surface area contributed by atoms with Gasteiger partial charge in [0, 0.05) is 18.4 Å². The second kappa shape index (κ2) is 8.81. The van der Waals surface area contributed by atoms with E-state index in [1.54, 1.807) is 54.6 Å². The van der Waals surface area contributed by atoms with Crippen molar-refractivity contribution in [1.29, 1.82) is 0 Å². The number of urea groups is 1. The van der Waals surface area contributed by atoms with E-state index in [1.807, 2.05) is 45.0 Å². The second-order valence-corrected chi connectivity index (χ2v) is 10.2. The Labute approximate surface area is 184 Å². The van der Waals surface area contributed by atoms with E-state index in [9.17, 15) is 13.2 Å². The van der Waals surface area contributed by atoms with Gasteiger partial charge < -0.3 is 10.6 Å². The molecule has 0 aromatic heterocycles. The Morgan fingerprint density at radius 2 is 1.39 bits per heavy atom. The lowest BCUT2D eigenvalue weighted by molar-refractivity contribution is 0.262. The lowest BCUT2D eigenvalue weighted by Crippen LogP contribution is -2.27. The fourth-order valence-corrected chi connectivity index (χ4v) is 4.23. The number of amides is 2. The summed E-state index contributed by atoms with van der Waals surface area (Å²) >= 11 is 0. The van der Waals surface area contributed by atoms with Gasteiger partial charge in [-0.1, -0.05) is 51.1 Å². The highest BCUT2D eigenvalue weighted by Crippen LogP contribution is 2.28. The summed E-state index contributed by atoms with van der Waals surface area (Å²) in [6.45, 7) is 6.13. The smallest absolute Gasteiger partial charge is 0.308 e. The highest BCUT2D eigenvalue weighted by atomic mass is 32.2. The lowest BCUT2D eigenvalue weighted by Gasteiger charge is -2.23. The van der Waals surface area contributed by atoms with Gasteiger partial charge >= 0.3 is 6.03 Å². The van der Waals surface area contributed by atoms with E-state index in [0.29, 0.717) is 17.1 Å². The first kappa shape index (κ1) is 22.4. The summed E-state index contributed by atoms with van der Waals surface area (Å²) in [6, 6.07) is 22.4. The van der Waals surface area contributed by atoms with Crippen LogP contribution in [0.3, 0.4) is 0 Å². The molecule has 3 aromatic rings. The third-order valence-corrected chi connectivity index (χ3v) is 6.66. The molecule has 162 valence electrons. The standard InChI is InChI=1S/C24H27N3O3S/c1-24(2,3)18-9-8-12-22(17-18)31(29,30)27(4)21-15-13-20(14-16-21)26-23(28)25-19-10-6-5-7-11-19/h5-17H,1-4H3,(H2,25,26,28). The molecule has 0 spiro atoms. The zero-order valence-corrected chi connectivity index (χ0v) is 18.9. The number of hydrogen-bond donors (Lipinski definition) is 2. The van der Waals surface area contributed by atoms with E-state index >= 15 is 0 Å². The number of hydrogen-bond acceptors (Lipinski definition) is 3. The van der Waals surface area contributed by atoms with E-state index < -0.39 is 10.0 Å². The Morgan fingerprint density at radius 1 is 0.806 bits per heavy atom. The number of rotatable bonds is 5. The normalized spacial score (nSPS) is 11.6. The van der Waals surface area contributed by atoms with Gasteiger partial charge in [0.1, 0.15) is 0 Å². The molecule has 6 nitrogen and oxygen atoms in total. The molecule has 0 heterocycles. The quantitative estimate of drug-likeness (QED) is 0.557. The van der Waals surface area contributed by atoms with E-state index in [2.05, 4.69) is 10.6 Å². The molecule has 0 fully saturated rings. The SMILES string of the molecule is CN(c1ccc(NC(=O)Nc2ccccc2)cc1)S(=O)(=O)c1cccc(C(C)(C)C)c1. The third kappa shape index (κ3) is 5.44. The average Bonchev–Trinajstić information content (AvgIpc) is 2.74. The highest BCUT2D eigenvalue weighted by Gasteiger charge is 2.23. The van der Waals surface area contributed by atoms with Crippen LogP contribution in [0.1, 0.15) is 26.3 Å². The average molecular weight is 438 g/mol. The van der Waals surface area contributed by atoms with Gasteiger partial charge in [-0.25, -0.2) is 13.2 Å². The predicted octanol–water partition coefficient (Wildman–Crippen LogP) is 5.45. The molecule has 2 N–H and O–H groups in total. The fourth-order valence-electron chi connectivity index (χ4n) is 2.99. The van der Waals surface area contributed by atoms with Gasteiger partial charge in [-0.2, -0.15) is 0 Å². The zero-order chi connectivity index (χ0) is 22.6. The van der Waals surface area contributed by atoms with Crippen LogP contribution in [0, 0.1) is 0 Å². The van der Waals surface area contributed by atoms with Crippen LogP contribution < -0.4 is 14.9 Å². The van der Waals surface area contributed by atoms with Crippen LogP contribution in [0.25, 0.3) is 0 Å². The molecule has 0 bridgehead atoms. The van der Waals surface area contributed by atoms with Crippen LogP contribution in [0.5, 0.6) is 0 Å². The van der Waals surface area contributed by atoms with Crippen LogP contribution in [0.4, 0.5) is 21.9 Å². The van der Waals surface area contributed by atoms with Gasteiger partial charge in [-0.15, -0.1) is 0 Å². The zero-order valence-electron chi connectivity index (χ0n) is 18.1. The van der Waals surface area contributed by atoms with Gasteiger partial charge in [0.25, 0.3) is 10.0 Å². The molecule has 2 amide bonds. The Hall–Kier alpha value is -3.32. The fraction of sp³-hybridized carbons (Fsp3) is 0.208. The molecular formula is C24H27N3O3S. The molecule has 3 aromatic carbocycles. The van der Waals surface area contributed by atoms with Crippen molar-refractivity contribution in [2.24, 2.45) is 0 Å². The van der Waals surface area contributed by atoms with E-state index in [4.69, 9.17) is 0 Å². The first-order chi connectivity index (χ1) is 14.6. The Kier molecular flexibility index (Phi) is 6.36. The molecule has 0 atom stereocenters. The molecule has 31 heavy (non-hydrogen) atoms. The minimum Gasteiger partial charge on any atom is -0.308 e. The summed E-state index contributed by atoms with van der Waals surface area (Å²) < 4.78 is 27.5. The third-order valence-electron chi connectivity index (χ3n) is 4.88. The minimum atomic E-state index is -3.72. The summed E-state index contributed by atoms with van der Waals surface area (Å²) in [5, 5.41) is 5.47. The first-order valence-electron chi connectivity index (χ1n) is 9.90. The van der Waals surface area contributed by atoms with Crippen molar-refractivity contribution in [3.63, 3.8) is 0 Å². The number of nitrogens with one attached hydrogen (secondary N) is 2. The van der Waals surface area contributed by atoms with Gasteiger partial charge in [-0.05, 0) is 59.5 Å². The maximum Gasteiger partial charge on any atom is 0.323 e. The summed E-state index contributed by atoms with van der Waals surface area (Å²) in [5.41, 5.74) is 2.52. The summed E-state index contributed by atoms with van der Waals surface area (Å²) in [6.07, 6.45) is 0. The molecule has 0 radical (unpaired) electrons. The predicted molar refractivity (Wildman–Crippen MR) is 126 cm³/mol. The van der Waals surface area contributed by atoms with Crippen molar-refractivity contribution in [2.75, 3.05) is 22.0 Å². The number of carbonyl (C=O) groups is 1. The molecule has 0 unspecified atom stereocenters. The van der Waals surface area contributed by atoms with Gasteiger partial charge in [0.15, 0.2) is 0 Å². The Morgan fingerprint density at radius 3 is 1.97 bits per heavy atom. The number of para-hydroxylation sites is 1. The summed E-state index contributed by atoms with van der Waals surface area (Å²) in [7, 11) is -2.20.